The van der Waals surface area contributed by atoms with Crippen LogP contribution < -0.4 is 5.32 Å². The lowest BCUT2D eigenvalue weighted by Gasteiger charge is -2.38. The quantitative estimate of drug-likeness (QED) is 0.900. The number of benzene rings is 1. The summed E-state index contributed by atoms with van der Waals surface area (Å²) >= 11 is 0. The van der Waals surface area contributed by atoms with Crippen molar-refractivity contribution in [3.8, 4) is 0 Å². The highest BCUT2D eigenvalue weighted by molar-refractivity contribution is 5.22. The van der Waals surface area contributed by atoms with Gasteiger partial charge in [-0.15, -0.1) is 0 Å². The van der Waals surface area contributed by atoms with Crippen molar-refractivity contribution in [2.24, 2.45) is 5.41 Å². The Morgan fingerprint density at radius 1 is 1.25 bits per heavy atom. The molecule has 1 fully saturated rings. The largest absolute Gasteiger partial charge is 0.378 e. The lowest BCUT2D eigenvalue weighted by atomic mass is 9.81. The number of halogens is 1. The molecule has 3 heteroatoms. The highest BCUT2D eigenvalue weighted by Crippen LogP contribution is 2.34. The first kappa shape index (κ1) is 15.5. The van der Waals surface area contributed by atoms with Gasteiger partial charge in [-0.2, -0.15) is 0 Å². The van der Waals surface area contributed by atoms with E-state index in [4.69, 9.17) is 4.74 Å². The normalized spacial score (nSPS) is 25.4. The second kappa shape index (κ2) is 6.23. The van der Waals surface area contributed by atoms with Crippen LogP contribution in [0.2, 0.25) is 0 Å². The molecule has 0 aromatic heterocycles. The van der Waals surface area contributed by atoms with Crippen LogP contribution in [0.4, 0.5) is 4.39 Å². The maximum absolute atomic E-state index is 13.1. The lowest BCUT2D eigenvalue weighted by molar-refractivity contribution is 0.00786. The van der Waals surface area contributed by atoms with E-state index in [1.807, 2.05) is 12.1 Å². The molecule has 0 spiro atoms. The van der Waals surface area contributed by atoms with Crippen molar-refractivity contribution in [3.63, 3.8) is 0 Å². The molecule has 2 nitrogen and oxygen atoms in total. The van der Waals surface area contributed by atoms with Crippen LogP contribution in [0.5, 0.6) is 0 Å². The molecule has 1 N–H and O–H groups in total. The molecule has 3 atom stereocenters. The minimum atomic E-state index is -0.180. The van der Waals surface area contributed by atoms with Crippen molar-refractivity contribution in [3.05, 3.63) is 35.6 Å². The summed E-state index contributed by atoms with van der Waals surface area (Å²) in [4.78, 5) is 0. The molecule has 3 unspecified atom stereocenters. The van der Waals surface area contributed by atoms with Gasteiger partial charge in [0.2, 0.25) is 0 Å². The molecule has 0 amide bonds. The molecule has 1 aromatic rings. The molecular formula is C17H26FNO. The first-order valence-corrected chi connectivity index (χ1v) is 7.49. The monoisotopic (exact) mass is 279 g/mol. The van der Waals surface area contributed by atoms with E-state index in [2.05, 4.69) is 33.0 Å². The Morgan fingerprint density at radius 2 is 1.90 bits per heavy atom. The molecule has 1 aliphatic heterocycles. The van der Waals surface area contributed by atoms with Crippen LogP contribution in [0, 0.1) is 11.2 Å². The van der Waals surface area contributed by atoms with Crippen molar-refractivity contribution in [1.29, 1.82) is 0 Å². The first-order valence-electron chi connectivity index (χ1n) is 7.49. The van der Waals surface area contributed by atoms with Crippen LogP contribution in [0.15, 0.2) is 24.3 Å². The van der Waals surface area contributed by atoms with Gasteiger partial charge in [0, 0.05) is 18.7 Å². The van der Waals surface area contributed by atoms with Gasteiger partial charge >= 0.3 is 0 Å². The van der Waals surface area contributed by atoms with Crippen LogP contribution >= 0.6 is 0 Å². The highest BCUT2D eigenvalue weighted by Gasteiger charge is 2.30. The fourth-order valence-electron chi connectivity index (χ4n) is 2.89. The third-order valence-corrected chi connectivity index (χ3v) is 3.96. The summed E-state index contributed by atoms with van der Waals surface area (Å²) in [6, 6.07) is 7.55. The highest BCUT2D eigenvalue weighted by atomic mass is 19.1. The minimum Gasteiger partial charge on any atom is -0.378 e. The minimum absolute atomic E-state index is 0.0827. The van der Waals surface area contributed by atoms with Crippen molar-refractivity contribution < 1.29 is 9.13 Å². The maximum atomic E-state index is 13.1. The Labute approximate surface area is 121 Å². The molecule has 1 aromatic carbocycles. The van der Waals surface area contributed by atoms with Gasteiger partial charge in [-0.25, -0.2) is 4.39 Å². The summed E-state index contributed by atoms with van der Waals surface area (Å²) in [5.74, 6) is -0.180. The molecule has 0 saturated carbocycles. The van der Waals surface area contributed by atoms with E-state index < -0.39 is 0 Å². The van der Waals surface area contributed by atoms with E-state index in [-0.39, 0.29) is 17.3 Å². The van der Waals surface area contributed by atoms with E-state index >= 15 is 0 Å². The van der Waals surface area contributed by atoms with Crippen molar-refractivity contribution in [1.82, 2.24) is 5.32 Å². The average molecular weight is 279 g/mol. The Kier molecular flexibility index (Phi) is 4.82. The second-order valence-electron chi connectivity index (χ2n) is 6.92. The number of nitrogens with one attached hydrogen (secondary N) is 1. The number of hydrogen-bond acceptors (Lipinski definition) is 2. The number of rotatable bonds is 3. The third-order valence-electron chi connectivity index (χ3n) is 3.96. The number of hydrogen-bond donors (Lipinski definition) is 1. The Balaban J connectivity index is 2.14. The van der Waals surface area contributed by atoms with E-state index in [1.54, 1.807) is 12.1 Å². The summed E-state index contributed by atoms with van der Waals surface area (Å²) in [7, 11) is 0. The topological polar surface area (TPSA) is 21.3 Å². The fraction of sp³-hybridized carbons (Fsp3) is 0.647. The Morgan fingerprint density at radius 3 is 2.45 bits per heavy atom. The zero-order valence-electron chi connectivity index (χ0n) is 12.9. The molecule has 0 radical (unpaired) electrons. The van der Waals surface area contributed by atoms with E-state index in [0.29, 0.717) is 12.1 Å². The molecule has 20 heavy (non-hydrogen) atoms. The lowest BCUT2D eigenvalue weighted by Crippen LogP contribution is -2.43. The third kappa shape index (κ3) is 4.03. The first-order chi connectivity index (χ1) is 9.36. The Bertz CT molecular complexity index is 424. The molecule has 1 saturated heterocycles. The Hall–Kier alpha value is -0.930. The summed E-state index contributed by atoms with van der Waals surface area (Å²) in [6.07, 6.45) is 2.39. The van der Waals surface area contributed by atoms with Crippen LogP contribution in [0.3, 0.4) is 0 Å². The summed E-state index contributed by atoms with van der Waals surface area (Å²) in [5.41, 5.74) is 1.23. The van der Waals surface area contributed by atoms with Gasteiger partial charge in [-0.3, -0.25) is 0 Å². The molecule has 1 aliphatic rings. The molecule has 2 rings (SSSR count). The van der Waals surface area contributed by atoms with Gasteiger partial charge in [-0.1, -0.05) is 32.9 Å². The van der Waals surface area contributed by atoms with Crippen molar-refractivity contribution >= 4 is 0 Å². The average Bonchev–Trinajstić information content (AvgIpc) is 2.36. The molecule has 112 valence electrons. The second-order valence-corrected chi connectivity index (χ2v) is 6.92. The zero-order valence-corrected chi connectivity index (χ0v) is 12.9. The summed E-state index contributed by atoms with van der Waals surface area (Å²) < 4.78 is 18.7. The van der Waals surface area contributed by atoms with Gasteiger partial charge in [-0.05, 0) is 42.9 Å². The van der Waals surface area contributed by atoms with Gasteiger partial charge in [0.15, 0.2) is 0 Å². The van der Waals surface area contributed by atoms with Crippen molar-refractivity contribution in [2.75, 3.05) is 6.61 Å². The van der Waals surface area contributed by atoms with Crippen molar-refractivity contribution in [2.45, 2.75) is 58.7 Å². The smallest absolute Gasteiger partial charge is 0.123 e. The van der Waals surface area contributed by atoms with E-state index in [1.165, 1.54) is 0 Å². The summed E-state index contributed by atoms with van der Waals surface area (Å²) in [6.45, 7) is 9.60. The number of ether oxygens (including phenoxy) is 1. The predicted molar refractivity (Wildman–Crippen MR) is 80.2 cm³/mol. The van der Waals surface area contributed by atoms with E-state index in [9.17, 15) is 4.39 Å². The molecule has 0 bridgehead atoms. The zero-order chi connectivity index (χ0) is 14.8. The van der Waals surface area contributed by atoms with Gasteiger partial charge in [0.1, 0.15) is 5.82 Å². The van der Waals surface area contributed by atoms with Gasteiger partial charge < -0.3 is 10.1 Å². The van der Waals surface area contributed by atoms with Crippen LogP contribution in [0.25, 0.3) is 0 Å². The molecule has 1 heterocycles. The maximum Gasteiger partial charge on any atom is 0.123 e. The summed E-state index contributed by atoms with van der Waals surface area (Å²) in [5, 5.41) is 3.76. The van der Waals surface area contributed by atoms with Crippen LogP contribution in [-0.4, -0.2) is 18.8 Å². The van der Waals surface area contributed by atoms with Crippen LogP contribution in [0.1, 0.15) is 52.1 Å². The molecular weight excluding hydrogens is 253 g/mol. The predicted octanol–water partition coefficient (Wildman–Crippen LogP) is 4.07. The van der Waals surface area contributed by atoms with E-state index in [0.717, 1.165) is 25.0 Å². The standard InChI is InChI=1S/C17H26FNO/c1-12-11-15(9-10-20-12)19-16(17(2,3)4)13-5-7-14(18)8-6-13/h5-8,12,15-16,19H,9-11H2,1-4H3. The molecule has 0 aliphatic carbocycles. The fourth-order valence-corrected chi connectivity index (χ4v) is 2.89. The SMILES string of the molecule is CC1CC(NC(c2ccc(F)cc2)C(C)(C)C)CCO1. The van der Waals surface area contributed by atoms with Crippen LogP contribution in [-0.2, 0) is 4.74 Å². The van der Waals surface area contributed by atoms with Gasteiger partial charge in [0.25, 0.3) is 0 Å². The van der Waals surface area contributed by atoms with Gasteiger partial charge in [0.05, 0.1) is 6.10 Å².